The lowest BCUT2D eigenvalue weighted by molar-refractivity contribution is 0.293. The van der Waals surface area contributed by atoms with Gasteiger partial charge in [-0.05, 0) is 43.1 Å². The number of phenolic OH excluding ortho intramolecular Hbond substituents is 1. The minimum atomic E-state index is 0.359. The Morgan fingerprint density at radius 1 is 1.13 bits per heavy atom. The normalized spacial score (nSPS) is 25.3. The molecule has 4 nitrogen and oxygen atoms in total. The third-order valence-corrected chi connectivity index (χ3v) is 5.59. The van der Waals surface area contributed by atoms with E-state index in [9.17, 15) is 5.11 Å². The van der Waals surface area contributed by atoms with E-state index in [1.165, 1.54) is 25.7 Å². The van der Waals surface area contributed by atoms with Crippen molar-refractivity contribution in [2.45, 2.75) is 38.6 Å². The van der Waals surface area contributed by atoms with Gasteiger partial charge in [-0.15, -0.1) is 0 Å². The lowest BCUT2D eigenvalue weighted by Crippen LogP contribution is -2.54. The predicted octanol–water partition coefficient (Wildman–Crippen LogP) is 2.97. The fourth-order valence-corrected chi connectivity index (χ4v) is 4.00. The molecule has 2 fully saturated rings. The molecule has 1 saturated carbocycles. The Bertz CT molecular complexity index is 543. The van der Waals surface area contributed by atoms with E-state index in [1.54, 1.807) is 6.07 Å². The first kappa shape index (κ1) is 16.4. The van der Waals surface area contributed by atoms with Gasteiger partial charge in [0.15, 0.2) is 5.11 Å². The van der Waals surface area contributed by atoms with Gasteiger partial charge in [0.2, 0.25) is 0 Å². The minimum absolute atomic E-state index is 0.359. The number of hydrogen-bond donors (Lipinski definition) is 2. The Labute approximate surface area is 144 Å². The fraction of sp³-hybridized carbons (Fsp3) is 0.611. The zero-order chi connectivity index (χ0) is 16.2. The topological polar surface area (TPSA) is 38.7 Å². The highest BCUT2D eigenvalue weighted by Gasteiger charge is 2.25. The Morgan fingerprint density at radius 2 is 1.83 bits per heavy atom. The molecule has 5 heteroatoms. The summed E-state index contributed by atoms with van der Waals surface area (Å²) in [5.41, 5.74) is 0.923. The summed E-state index contributed by atoms with van der Waals surface area (Å²) in [5, 5.41) is 14.5. The first-order chi connectivity index (χ1) is 11.1. The summed E-state index contributed by atoms with van der Waals surface area (Å²) in [6, 6.07) is 8.09. The van der Waals surface area contributed by atoms with Crippen molar-refractivity contribution in [1.29, 1.82) is 0 Å². The number of aromatic hydroxyl groups is 1. The van der Waals surface area contributed by atoms with Gasteiger partial charge in [0, 0.05) is 32.2 Å². The van der Waals surface area contributed by atoms with Crippen molar-refractivity contribution in [3.63, 3.8) is 0 Å². The van der Waals surface area contributed by atoms with E-state index in [0.29, 0.717) is 17.7 Å². The summed E-state index contributed by atoms with van der Waals surface area (Å²) in [6.45, 7) is 5.91. The Balaban J connectivity index is 1.52. The van der Waals surface area contributed by atoms with Crippen molar-refractivity contribution in [3.8, 4) is 5.75 Å². The molecule has 1 aromatic rings. The van der Waals surface area contributed by atoms with E-state index in [4.69, 9.17) is 12.2 Å². The summed E-state index contributed by atoms with van der Waals surface area (Å²) in [7, 11) is 0. The molecule has 0 bridgehead atoms. The average Bonchev–Trinajstić information content (AvgIpc) is 2.57. The van der Waals surface area contributed by atoms with Crippen molar-refractivity contribution in [3.05, 3.63) is 24.3 Å². The van der Waals surface area contributed by atoms with Gasteiger partial charge >= 0.3 is 0 Å². The van der Waals surface area contributed by atoms with Crippen LogP contribution in [0.1, 0.15) is 32.6 Å². The number of rotatable bonds is 2. The van der Waals surface area contributed by atoms with Crippen LogP contribution in [0.4, 0.5) is 5.69 Å². The predicted molar refractivity (Wildman–Crippen MR) is 99.0 cm³/mol. The molecule has 0 amide bonds. The second-order valence-electron chi connectivity index (χ2n) is 6.78. The lowest BCUT2D eigenvalue weighted by Gasteiger charge is -2.39. The summed E-state index contributed by atoms with van der Waals surface area (Å²) in [6.07, 6.45) is 5.21. The molecule has 0 unspecified atom stereocenters. The largest absolute Gasteiger partial charge is 0.506 e. The van der Waals surface area contributed by atoms with Crippen molar-refractivity contribution >= 4 is 23.0 Å². The number of nitrogens with zero attached hydrogens (tertiary/aromatic N) is 2. The van der Waals surface area contributed by atoms with E-state index in [0.717, 1.165) is 37.0 Å². The number of para-hydroxylation sites is 2. The molecule has 2 atom stereocenters. The van der Waals surface area contributed by atoms with Gasteiger partial charge < -0.3 is 20.2 Å². The van der Waals surface area contributed by atoms with Crippen molar-refractivity contribution in [2.24, 2.45) is 5.92 Å². The van der Waals surface area contributed by atoms with Crippen molar-refractivity contribution in [1.82, 2.24) is 10.2 Å². The van der Waals surface area contributed by atoms with Crippen LogP contribution in [0.25, 0.3) is 0 Å². The minimum Gasteiger partial charge on any atom is -0.506 e. The number of phenols is 1. The summed E-state index contributed by atoms with van der Waals surface area (Å²) in [4.78, 5) is 4.50. The van der Waals surface area contributed by atoms with Crippen LogP contribution < -0.4 is 10.2 Å². The van der Waals surface area contributed by atoms with Gasteiger partial charge in [-0.1, -0.05) is 31.9 Å². The van der Waals surface area contributed by atoms with Crippen molar-refractivity contribution in [2.75, 3.05) is 31.1 Å². The molecule has 3 rings (SSSR count). The molecule has 23 heavy (non-hydrogen) atoms. The van der Waals surface area contributed by atoms with E-state index in [2.05, 4.69) is 22.0 Å². The van der Waals surface area contributed by atoms with Gasteiger partial charge in [0.25, 0.3) is 0 Å². The number of piperazine rings is 1. The fourth-order valence-electron chi connectivity index (χ4n) is 3.66. The molecule has 1 aliphatic heterocycles. The van der Waals surface area contributed by atoms with E-state index >= 15 is 0 Å². The maximum Gasteiger partial charge on any atom is 0.169 e. The molecule has 1 saturated heterocycles. The number of anilines is 1. The van der Waals surface area contributed by atoms with Crippen LogP contribution >= 0.6 is 12.2 Å². The summed E-state index contributed by atoms with van der Waals surface area (Å²) >= 11 is 5.64. The first-order valence-electron chi connectivity index (χ1n) is 8.73. The summed E-state index contributed by atoms with van der Waals surface area (Å²) < 4.78 is 0. The van der Waals surface area contributed by atoms with Crippen LogP contribution in [0.5, 0.6) is 5.75 Å². The third kappa shape index (κ3) is 3.89. The molecule has 1 aliphatic carbocycles. The van der Waals surface area contributed by atoms with Crippen molar-refractivity contribution < 1.29 is 5.11 Å². The highest BCUT2D eigenvalue weighted by atomic mass is 32.1. The van der Waals surface area contributed by atoms with Crippen LogP contribution in [0, 0.1) is 5.92 Å². The van der Waals surface area contributed by atoms with E-state index in [-0.39, 0.29) is 0 Å². The van der Waals surface area contributed by atoms with Crippen LogP contribution in [0.15, 0.2) is 24.3 Å². The molecule has 1 heterocycles. The zero-order valence-electron chi connectivity index (χ0n) is 13.9. The van der Waals surface area contributed by atoms with Crippen LogP contribution in [0.3, 0.4) is 0 Å². The SMILES string of the molecule is C[C@H]1CCCC[C@H]1NC(=S)N1CCN(c2ccccc2O)CC1. The van der Waals surface area contributed by atoms with Gasteiger partial charge in [0.05, 0.1) is 5.69 Å². The van der Waals surface area contributed by atoms with Gasteiger partial charge in [-0.3, -0.25) is 0 Å². The first-order valence-corrected chi connectivity index (χ1v) is 9.14. The Kier molecular flexibility index (Phi) is 5.26. The van der Waals surface area contributed by atoms with E-state index in [1.807, 2.05) is 18.2 Å². The number of hydrogen-bond acceptors (Lipinski definition) is 3. The van der Waals surface area contributed by atoms with Gasteiger partial charge in [0.1, 0.15) is 5.75 Å². The molecule has 1 aromatic carbocycles. The van der Waals surface area contributed by atoms with Gasteiger partial charge in [-0.2, -0.15) is 0 Å². The Hall–Kier alpha value is -1.49. The second-order valence-corrected chi connectivity index (χ2v) is 7.17. The number of nitrogens with one attached hydrogen (secondary N) is 1. The molecular weight excluding hydrogens is 306 g/mol. The number of benzene rings is 1. The smallest absolute Gasteiger partial charge is 0.169 e. The standard InChI is InChI=1S/C18H27N3OS/c1-14-6-2-3-7-15(14)19-18(23)21-12-10-20(11-13-21)16-8-4-5-9-17(16)22/h4-5,8-9,14-15,22H,2-3,6-7,10-13H2,1H3,(H,19,23)/t14-,15+/m0/s1. The van der Waals surface area contributed by atoms with Crippen LogP contribution in [-0.2, 0) is 0 Å². The maximum atomic E-state index is 9.99. The van der Waals surface area contributed by atoms with Gasteiger partial charge in [-0.25, -0.2) is 0 Å². The quantitative estimate of drug-likeness (QED) is 0.814. The number of thiocarbonyl (C=S) groups is 1. The molecule has 2 N–H and O–H groups in total. The molecule has 126 valence electrons. The highest BCUT2D eigenvalue weighted by Crippen LogP contribution is 2.27. The third-order valence-electron chi connectivity index (χ3n) is 5.21. The van der Waals surface area contributed by atoms with Crippen LogP contribution in [-0.4, -0.2) is 47.3 Å². The molecule has 0 radical (unpaired) electrons. The molecule has 0 aromatic heterocycles. The zero-order valence-corrected chi connectivity index (χ0v) is 14.7. The van der Waals surface area contributed by atoms with E-state index < -0.39 is 0 Å². The summed E-state index contributed by atoms with van der Waals surface area (Å²) in [5.74, 6) is 1.07. The molecule has 2 aliphatic rings. The maximum absolute atomic E-state index is 9.99. The highest BCUT2D eigenvalue weighted by molar-refractivity contribution is 7.80. The molecular formula is C18H27N3OS. The monoisotopic (exact) mass is 333 g/mol. The lowest BCUT2D eigenvalue weighted by atomic mass is 9.86. The molecule has 0 spiro atoms. The second kappa shape index (κ2) is 7.39. The Morgan fingerprint density at radius 3 is 2.52 bits per heavy atom. The van der Waals surface area contributed by atoms with Crippen LogP contribution in [0.2, 0.25) is 0 Å². The average molecular weight is 334 g/mol.